The average molecular weight is 230 g/mol. The SMILES string of the molecule is O=Nc1cc2cn[nH]c2cc1N1CCCCC1. The first-order chi connectivity index (χ1) is 8.38. The molecule has 1 aromatic heterocycles. The van der Waals surface area contributed by atoms with Gasteiger partial charge in [0.2, 0.25) is 0 Å². The van der Waals surface area contributed by atoms with Crippen molar-refractivity contribution in [3.63, 3.8) is 0 Å². The summed E-state index contributed by atoms with van der Waals surface area (Å²) < 4.78 is 0. The summed E-state index contributed by atoms with van der Waals surface area (Å²) in [5.74, 6) is 0. The molecule has 2 aromatic rings. The van der Waals surface area contributed by atoms with Gasteiger partial charge in [-0.3, -0.25) is 5.10 Å². The smallest absolute Gasteiger partial charge is 0.132 e. The zero-order valence-electron chi connectivity index (χ0n) is 9.52. The van der Waals surface area contributed by atoms with Crippen LogP contribution in [0, 0.1) is 4.91 Å². The number of aromatic nitrogens is 2. The van der Waals surface area contributed by atoms with Crippen molar-refractivity contribution in [3.8, 4) is 0 Å². The van der Waals surface area contributed by atoms with Crippen molar-refractivity contribution in [2.75, 3.05) is 18.0 Å². The van der Waals surface area contributed by atoms with Crippen LogP contribution in [0.5, 0.6) is 0 Å². The van der Waals surface area contributed by atoms with E-state index in [0.29, 0.717) is 5.69 Å². The number of fused-ring (bicyclic) bond motifs is 1. The first-order valence-corrected chi connectivity index (χ1v) is 5.94. The van der Waals surface area contributed by atoms with Gasteiger partial charge in [-0.25, -0.2) is 0 Å². The second-order valence-electron chi connectivity index (χ2n) is 4.44. The van der Waals surface area contributed by atoms with Crippen LogP contribution in [-0.2, 0) is 0 Å². The lowest BCUT2D eigenvalue weighted by Gasteiger charge is -2.29. The molecule has 2 heterocycles. The van der Waals surface area contributed by atoms with E-state index in [1.807, 2.05) is 6.07 Å². The molecule has 1 N–H and O–H groups in total. The molecule has 1 aromatic carbocycles. The van der Waals surface area contributed by atoms with Gasteiger partial charge in [0.15, 0.2) is 0 Å². The molecule has 3 rings (SSSR count). The molecule has 0 spiro atoms. The van der Waals surface area contributed by atoms with E-state index in [1.54, 1.807) is 12.3 Å². The first-order valence-electron chi connectivity index (χ1n) is 5.94. The Labute approximate surface area is 98.8 Å². The largest absolute Gasteiger partial charge is 0.370 e. The summed E-state index contributed by atoms with van der Waals surface area (Å²) in [4.78, 5) is 13.2. The third-order valence-corrected chi connectivity index (χ3v) is 3.33. The van der Waals surface area contributed by atoms with Crippen LogP contribution in [0.1, 0.15) is 19.3 Å². The van der Waals surface area contributed by atoms with Crippen molar-refractivity contribution in [1.82, 2.24) is 10.2 Å². The van der Waals surface area contributed by atoms with Crippen molar-refractivity contribution < 1.29 is 0 Å². The van der Waals surface area contributed by atoms with Crippen molar-refractivity contribution >= 4 is 22.3 Å². The Balaban J connectivity index is 2.08. The second kappa shape index (κ2) is 4.16. The van der Waals surface area contributed by atoms with Gasteiger partial charge in [-0.1, -0.05) is 0 Å². The summed E-state index contributed by atoms with van der Waals surface area (Å²) in [6.45, 7) is 2.00. The van der Waals surface area contributed by atoms with Crippen LogP contribution in [0.3, 0.4) is 0 Å². The lowest BCUT2D eigenvalue weighted by atomic mass is 10.1. The molecule has 1 aliphatic heterocycles. The third kappa shape index (κ3) is 1.77. The lowest BCUT2D eigenvalue weighted by Crippen LogP contribution is -2.29. The molecule has 88 valence electrons. The van der Waals surface area contributed by atoms with Gasteiger partial charge in [0.1, 0.15) is 5.69 Å². The Morgan fingerprint density at radius 3 is 2.82 bits per heavy atom. The Morgan fingerprint density at radius 1 is 1.24 bits per heavy atom. The van der Waals surface area contributed by atoms with Crippen molar-refractivity contribution in [1.29, 1.82) is 0 Å². The topological polar surface area (TPSA) is 61.4 Å². The van der Waals surface area contributed by atoms with E-state index in [0.717, 1.165) is 29.7 Å². The van der Waals surface area contributed by atoms with Gasteiger partial charge in [0.05, 0.1) is 17.4 Å². The average Bonchev–Trinajstić information content (AvgIpc) is 2.85. The van der Waals surface area contributed by atoms with Gasteiger partial charge in [-0.15, -0.1) is 4.91 Å². The summed E-state index contributed by atoms with van der Waals surface area (Å²) in [5.41, 5.74) is 2.40. The number of H-pyrrole nitrogens is 1. The van der Waals surface area contributed by atoms with Gasteiger partial charge in [0, 0.05) is 18.5 Å². The highest BCUT2D eigenvalue weighted by atomic mass is 16.3. The number of piperidine rings is 1. The van der Waals surface area contributed by atoms with Gasteiger partial charge < -0.3 is 4.90 Å². The molecule has 0 amide bonds. The number of nitrogens with one attached hydrogen (secondary N) is 1. The van der Waals surface area contributed by atoms with E-state index in [4.69, 9.17) is 0 Å². The van der Waals surface area contributed by atoms with Crippen molar-refractivity contribution in [2.24, 2.45) is 5.18 Å². The summed E-state index contributed by atoms with van der Waals surface area (Å²) in [5, 5.41) is 11.0. The van der Waals surface area contributed by atoms with Crippen molar-refractivity contribution in [2.45, 2.75) is 19.3 Å². The molecule has 5 heteroatoms. The molecule has 1 aliphatic rings. The maximum atomic E-state index is 10.9. The fraction of sp³-hybridized carbons (Fsp3) is 0.417. The highest BCUT2D eigenvalue weighted by molar-refractivity contribution is 5.88. The quantitative estimate of drug-likeness (QED) is 0.807. The Kier molecular flexibility index (Phi) is 2.51. The molecule has 0 atom stereocenters. The third-order valence-electron chi connectivity index (χ3n) is 3.33. The number of hydrogen-bond acceptors (Lipinski definition) is 4. The molecule has 0 bridgehead atoms. The number of hydrogen-bond donors (Lipinski definition) is 1. The minimum Gasteiger partial charge on any atom is -0.370 e. The van der Waals surface area contributed by atoms with Crippen LogP contribution in [-0.4, -0.2) is 23.3 Å². The monoisotopic (exact) mass is 230 g/mol. The number of benzene rings is 1. The summed E-state index contributed by atoms with van der Waals surface area (Å²) in [6, 6.07) is 3.78. The first kappa shape index (κ1) is 10.3. The van der Waals surface area contributed by atoms with Gasteiger partial charge >= 0.3 is 0 Å². The van der Waals surface area contributed by atoms with E-state index in [1.165, 1.54) is 19.3 Å². The summed E-state index contributed by atoms with van der Waals surface area (Å²) >= 11 is 0. The molecule has 0 aliphatic carbocycles. The van der Waals surface area contributed by atoms with Gasteiger partial charge in [-0.2, -0.15) is 5.10 Å². The number of rotatable bonds is 2. The maximum absolute atomic E-state index is 10.9. The molecule has 0 saturated carbocycles. The van der Waals surface area contributed by atoms with Crippen LogP contribution >= 0.6 is 0 Å². The molecule has 0 unspecified atom stereocenters. The Morgan fingerprint density at radius 2 is 2.06 bits per heavy atom. The fourth-order valence-corrected chi connectivity index (χ4v) is 2.43. The number of aromatic amines is 1. The van der Waals surface area contributed by atoms with Crippen LogP contribution in [0.15, 0.2) is 23.5 Å². The normalized spacial score (nSPS) is 16.4. The fourth-order valence-electron chi connectivity index (χ4n) is 2.43. The van der Waals surface area contributed by atoms with Gasteiger partial charge in [-0.05, 0) is 36.6 Å². The molecule has 0 radical (unpaired) electrons. The van der Waals surface area contributed by atoms with Crippen LogP contribution in [0.25, 0.3) is 10.9 Å². The zero-order chi connectivity index (χ0) is 11.7. The number of nitrogens with zero attached hydrogens (tertiary/aromatic N) is 3. The second-order valence-corrected chi connectivity index (χ2v) is 4.44. The van der Waals surface area contributed by atoms with E-state index in [9.17, 15) is 4.91 Å². The Bertz CT molecular complexity index is 542. The lowest BCUT2D eigenvalue weighted by molar-refractivity contribution is 0.578. The van der Waals surface area contributed by atoms with E-state index in [-0.39, 0.29) is 0 Å². The molecule has 1 saturated heterocycles. The minimum absolute atomic E-state index is 0.515. The van der Waals surface area contributed by atoms with Gasteiger partial charge in [0.25, 0.3) is 0 Å². The number of nitroso groups, excluding NO2 is 1. The van der Waals surface area contributed by atoms with Crippen molar-refractivity contribution in [3.05, 3.63) is 23.2 Å². The summed E-state index contributed by atoms with van der Waals surface area (Å²) in [6.07, 6.45) is 5.34. The van der Waals surface area contributed by atoms with Crippen LogP contribution in [0.4, 0.5) is 11.4 Å². The Hall–Kier alpha value is -1.91. The van der Waals surface area contributed by atoms with Crippen LogP contribution in [0.2, 0.25) is 0 Å². The molecule has 17 heavy (non-hydrogen) atoms. The summed E-state index contributed by atoms with van der Waals surface area (Å²) in [7, 11) is 0. The minimum atomic E-state index is 0.515. The van der Waals surface area contributed by atoms with E-state index >= 15 is 0 Å². The highest BCUT2D eigenvalue weighted by Crippen LogP contribution is 2.34. The molecule has 5 nitrogen and oxygen atoms in total. The molecular weight excluding hydrogens is 216 g/mol. The highest BCUT2D eigenvalue weighted by Gasteiger charge is 2.16. The molecular formula is C12H14N4O. The molecule has 1 fully saturated rings. The van der Waals surface area contributed by atoms with E-state index in [2.05, 4.69) is 20.3 Å². The standard InChI is InChI=1S/C12H14N4O/c17-15-11-6-9-8-13-14-10(9)7-12(11)16-4-2-1-3-5-16/h6-8H,1-5H2,(H,13,14). The number of anilines is 1. The maximum Gasteiger partial charge on any atom is 0.132 e. The van der Waals surface area contributed by atoms with E-state index < -0.39 is 0 Å². The zero-order valence-corrected chi connectivity index (χ0v) is 9.52. The predicted molar refractivity (Wildman–Crippen MR) is 67.6 cm³/mol. The van der Waals surface area contributed by atoms with Crippen LogP contribution < -0.4 is 4.90 Å². The predicted octanol–water partition coefficient (Wildman–Crippen LogP) is 2.95.